The number of methoxy groups -OCH3 is 1. The zero-order valence-corrected chi connectivity index (χ0v) is 28.9. The molecule has 1 N–H and O–H groups in total. The largest absolute Gasteiger partial charge is 0.490 e. The van der Waals surface area contributed by atoms with Gasteiger partial charge >= 0.3 is 0 Å². The van der Waals surface area contributed by atoms with Crippen LogP contribution in [0.1, 0.15) is 67.4 Å². The molecule has 5 atom stereocenters. The van der Waals surface area contributed by atoms with Gasteiger partial charge < -0.3 is 14.4 Å². The number of carbonyl (C=O) groups excluding carboxylic acids is 1. The molecule has 5 rings (SSSR count). The van der Waals surface area contributed by atoms with Crippen molar-refractivity contribution in [3.05, 3.63) is 83.4 Å². The Balaban J connectivity index is 1.51. The van der Waals surface area contributed by atoms with E-state index in [1.165, 1.54) is 11.1 Å². The first-order valence-electron chi connectivity index (χ1n) is 16.4. The standard InChI is InChI=1S/C36H48ClN3O5S/c1-6-10-25(3)26(4)46(42,43)38-35(41)28-13-16-34-33(20-28)39(21-31-12-9-18-40(31)30(7-2)22-44-5)23-36(24-45-34)17-8-11-27-19-29(37)14-15-32(27)36/h6-7,13-16,19-20,25-26,30-31H,1-2,8-12,17-18,21-24H2,3-5H3,(H,38,41)/t25-,26+,30?,31-,36-/m0/s1. The molecule has 1 saturated heterocycles. The van der Waals surface area contributed by atoms with Gasteiger partial charge in [-0.05, 0) is 99.4 Å². The van der Waals surface area contributed by atoms with E-state index in [1.54, 1.807) is 32.2 Å². The van der Waals surface area contributed by atoms with Crippen molar-refractivity contribution in [3.63, 3.8) is 0 Å². The summed E-state index contributed by atoms with van der Waals surface area (Å²) in [7, 11) is -2.19. The van der Waals surface area contributed by atoms with Gasteiger partial charge in [-0.1, -0.05) is 36.7 Å². The summed E-state index contributed by atoms with van der Waals surface area (Å²) in [4.78, 5) is 18.3. The van der Waals surface area contributed by atoms with Crippen LogP contribution in [0.3, 0.4) is 0 Å². The van der Waals surface area contributed by atoms with Crippen LogP contribution in [0.25, 0.3) is 0 Å². The second kappa shape index (κ2) is 14.5. The van der Waals surface area contributed by atoms with E-state index in [2.05, 4.69) is 39.8 Å². The van der Waals surface area contributed by atoms with Crippen LogP contribution in [-0.4, -0.2) is 76.5 Å². The molecule has 0 aromatic heterocycles. The molecule has 46 heavy (non-hydrogen) atoms. The highest BCUT2D eigenvalue weighted by atomic mass is 35.5. The van der Waals surface area contributed by atoms with Gasteiger partial charge in [-0.15, -0.1) is 13.2 Å². The molecule has 3 aliphatic rings. The molecule has 1 fully saturated rings. The van der Waals surface area contributed by atoms with Crippen molar-refractivity contribution >= 4 is 33.2 Å². The number of likely N-dealkylation sites (tertiary alicyclic amines) is 1. The summed E-state index contributed by atoms with van der Waals surface area (Å²) >= 11 is 6.43. The maximum atomic E-state index is 13.5. The van der Waals surface area contributed by atoms with Crippen LogP contribution in [0.5, 0.6) is 5.75 Å². The minimum absolute atomic E-state index is 0.0968. The average Bonchev–Trinajstić information content (AvgIpc) is 3.43. The van der Waals surface area contributed by atoms with Crippen LogP contribution in [0.4, 0.5) is 5.69 Å². The van der Waals surface area contributed by atoms with Gasteiger partial charge in [0.2, 0.25) is 10.0 Å². The summed E-state index contributed by atoms with van der Waals surface area (Å²) < 4.78 is 40.8. The molecule has 1 amide bonds. The summed E-state index contributed by atoms with van der Waals surface area (Å²) in [5, 5.41) is -0.0207. The minimum atomic E-state index is -3.91. The van der Waals surface area contributed by atoms with Crippen LogP contribution < -0.4 is 14.4 Å². The topological polar surface area (TPSA) is 88.2 Å². The summed E-state index contributed by atoms with van der Waals surface area (Å²) in [5.74, 6) is -0.145. The van der Waals surface area contributed by atoms with Crippen molar-refractivity contribution in [2.24, 2.45) is 5.92 Å². The molecule has 1 spiro atoms. The van der Waals surface area contributed by atoms with Crippen LogP contribution in [0, 0.1) is 5.92 Å². The number of carbonyl (C=O) groups is 1. The van der Waals surface area contributed by atoms with E-state index >= 15 is 0 Å². The fourth-order valence-corrected chi connectivity index (χ4v) is 8.99. The Morgan fingerprint density at radius 2 is 2.02 bits per heavy atom. The smallest absolute Gasteiger partial charge is 0.264 e. The third-order valence-corrected chi connectivity index (χ3v) is 12.4. The van der Waals surface area contributed by atoms with Gasteiger partial charge in [-0.25, -0.2) is 13.1 Å². The Hall–Kier alpha value is -2.85. The number of fused-ring (bicyclic) bond motifs is 3. The zero-order chi connectivity index (χ0) is 33.1. The number of amides is 1. The van der Waals surface area contributed by atoms with Gasteiger partial charge in [0.15, 0.2) is 0 Å². The predicted molar refractivity (Wildman–Crippen MR) is 186 cm³/mol. The van der Waals surface area contributed by atoms with E-state index in [0.717, 1.165) is 49.4 Å². The van der Waals surface area contributed by atoms with E-state index in [9.17, 15) is 13.2 Å². The number of anilines is 1. The molecular formula is C36H48ClN3O5S. The second-order valence-corrected chi connectivity index (χ2v) is 15.7. The van der Waals surface area contributed by atoms with E-state index < -0.39 is 21.2 Å². The SMILES string of the molecule is C=CC[C@H](C)[C@@H](C)S(=O)(=O)NC(=O)c1ccc2c(c1)N(C[C@@H]1CCCN1C(C=C)COC)C[C@@]1(CCCc3cc(Cl)ccc31)CO2. The molecule has 0 radical (unpaired) electrons. The molecule has 0 saturated carbocycles. The highest BCUT2D eigenvalue weighted by Gasteiger charge is 2.43. The Bertz CT molecular complexity index is 1550. The number of nitrogens with zero attached hydrogens (tertiary/aromatic N) is 2. The number of hydrogen-bond acceptors (Lipinski definition) is 7. The van der Waals surface area contributed by atoms with Crippen molar-refractivity contribution in [2.45, 2.75) is 75.1 Å². The highest BCUT2D eigenvalue weighted by molar-refractivity contribution is 7.90. The number of ether oxygens (including phenoxy) is 2. The molecule has 2 heterocycles. The molecule has 2 aromatic rings. The lowest BCUT2D eigenvalue weighted by Crippen LogP contribution is -2.51. The lowest BCUT2D eigenvalue weighted by Gasteiger charge is -2.42. The van der Waals surface area contributed by atoms with Gasteiger partial charge in [-0.3, -0.25) is 9.69 Å². The molecule has 1 aliphatic carbocycles. The molecule has 8 nitrogen and oxygen atoms in total. The third-order valence-electron chi connectivity index (χ3n) is 10.3. The maximum absolute atomic E-state index is 13.5. The van der Waals surface area contributed by atoms with Gasteiger partial charge in [0.1, 0.15) is 5.75 Å². The van der Waals surface area contributed by atoms with Crippen LogP contribution in [0.15, 0.2) is 61.7 Å². The van der Waals surface area contributed by atoms with Gasteiger partial charge in [0, 0.05) is 42.2 Å². The number of benzene rings is 2. The lowest BCUT2D eigenvalue weighted by atomic mass is 9.70. The predicted octanol–water partition coefficient (Wildman–Crippen LogP) is 6.14. The Morgan fingerprint density at radius 3 is 2.76 bits per heavy atom. The second-order valence-electron chi connectivity index (χ2n) is 13.3. The van der Waals surface area contributed by atoms with E-state index in [1.807, 2.05) is 25.1 Å². The summed E-state index contributed by atoms with van der Waals surface area (Å²) in [5.41, 5.74) is 3.32. The molecule has 10 heteroatoms. The number of nitrogens with one attached hydrogen (secondary N) is 1. The van der Waals surface area contributed by atoms with Gasteiger partial charge in [-0.2, -0.15) is 0 Å². The lowest BCUT2D eigenvalue weighted by molar-refractivity contribution is 0.0980. The molecule has 1 unspecified atom stereocenters. The van der Waals surface area contributed by atoms with Crippen LogP contribution >= 0.6 is 11.6 Å². The first kappa shape index (κ1) is 34.5. The fraction of sp³-hybridized carbons (Fsp3) is 0.528. The van der Waals surface area contributed by atoms with Crippen molar-refractivity contribution in [2.75, 3.05) is 44.9 Å². The number of halogens is 1. The zero-order valence-electron chi connectivity index (χ0n) is 27.3. The summed E-state index contributed by atoms with van der Waals surface area (Å²) in [6, 6.07) is 11.8. The van der Waals surface area contributed by atoms with Crippen molar-refractivity contribution in [1.82, 2.24) is 9.62 Å². The normalized spacial score (nSPS) is 23.4. The van der Waals surface area contributed by atoms with E-state index in [-0.39, 0.29) is 29.0 Å². The van der Waals surface area contributed by atoms with Crippen molar-refractivity contribution in [3.8, 4) is 5.75 Å². The van der Waals surface area contributed by atoms with Gasteiger partial charge in [0.05, 0.1) is 30.2 Å². The Morgan fingerprint density at radius 1 is 1.22 bits per heavy atom. The number of rotatable bonds is 12. The first-order valence-corrected chi connectivity index (χ1v) is 18.3. The summed E-state index contributed by atoms with van der Waals surface area (Å²) in [6.07, 6.45) is 9.26. The maximum Gasteiger partial charge on any atom is 0.264 e. The average molecular weight is 670 g/mol. The van der Waals surface area contributed by atoms with Crippen molar-refractivity contribution < 1.29 is 22.7 Å². The minimum Gasteiger partial charge on any atom is -0.490 e. The van der Waals surface area contributed by atoms with Crippen LogP contribution in [-0.2, 0) is 26.6 Å². The molecule has 0 bridgehead atoms. The summed E-state index contributed by atoms with van der Waals surface area (Å²) in [6.45, 7) is 14.7. The quantitative estimate of drug-likeness (QED) is 0.272. The third kappa shape index (κ3) is 7.18. The first-order chi connectivity index (χ1) is 22.0. The number of sulfonamides is 1. The Kier molecular flexibility index (Phi) is 10.9. The monoisotopic (exact) mass is 669 g/mol. The molecule has 250 valence electrons. The highest BCUT2D eigenvalue weighted by Crippen LogP contribution is 2.45. The van der Waals surface area contributed by atoms with E-state index in [0.29, 0.717) is 38.5 Å². The molecule has 2 aromatic carbocycles. The van der Waals surface area contributed by atoms with E-state index in [4.69, 9.17) is 21.1 Å². The van der Waals surface area contributed by atoms with Crippen LogP contribution in [0.2, 0.25) is 5.02 Å². The molecule has 2 aliphatic heterocycles. The fourth-order valence-electron chi connectivity index (χ4n) is 7.51. The molecular weight excluding hydrogens is 622 g/mol. The Labute approximate surface area is 279 Å². The number of aryl methyl sites for hydroxylation is 1. The van der Waals surface area contributed by atoms with Crippen molar-refractivity contribution in [1.29, 1.82) is 0 Å². The number of allylic oxidation sites excluding steroid dienone is 1. The van der Waals surface area contributed by atoms with Gasteiger partial charge in [0.25, 0.3) is 5.91 Å². The number of hydrogen-bond donors (Lipinski definition) is 1.